The second kappa shape index (κ2) is 31.3. The number of quaternary nitrogens is 1. The Morgan fingerprint density at radius 3 is 1.14 bits per heavy atom. The summed E-state index contributed by atoms with van der Waals surface area (Å²) in [5, 5.41) is 0. The highest BCUT2D eigenvalue weighted by atomic mass is 31.2. The highest BCUT2D eigenvalue weighted by Crippen LogP contribution is 2.60. The largest absolute Gasteiger partial charge is 0.756 e. The van der Waals surface area contributed by atoms with Crippen molar-refractivity contribution < 1.29 is 89.5 Å². The third-order valence-electron chi connectivity index (χ3n) is 10.8. The molecular formula is C43H77F13NO6P. The van der Waals surface area contributed by atoms with Gasteiger partial charge < -0.3 is 27.9 Å². The molecule has 0 aromatic rings. The smallest absolute Gasteiger partial charge is 0.460 e. The van der Waals surface area contributed by atoms with Crippen molar-refractivity contribution in [1.29, 1.82) is 0 Å². The Morgan fingerprint density at radius 2 is 0.797 bits per heavy atom. The predicted molar refractivity (Wildman–Crippen MR) is 219 cm³/mol. The van der Waals surface area contributed by atoms with Gasteiger partial charge in [0.2, 0.25) is 0 Å². The van der Waals surface area contributed by atoms with Crippen molar-refractivity contribution in [3.63, 3.8) is 0 Å². The van der Waals surface area contributed by atoms with Gasteiger partial charge in [-0.1, -0.05) is 148 Å². The summed E-state index contributed by atoms with van der Waals surface area (Å²) >= 11 is 0. The number of halogens is 13. The third kappa shape index (κ3) is 24.9. The van der Waals surface area contributed by atoms with Gasteiger partial charge in [-0.2, -0.15) is 57.1 Å². The fraction of sp³-hybridized carbons (Fsp3) is 1.00. The Hall–Kier alpha value is -0.920. The number of phosphoric ester groups is 1. The first-order chi connectivity index (χ1) is 29.6. The summed E-state index contributed by atoms with van der Waals surface area (Å²) in [4.78, 5) is 12.5. The lowest BCUT2D eigenvalue weighted by Crippen LogP contribution is -2.70. The molecule has 386 valence electrons. The molecule has 0 aliphatic rings. The quantitative estimate of drug-likeness (QED) is 0.0262. The van der Waals surface area contributed by atoms with Crippen LogP contribution in [0.5, 0.6) is 0 Å². The van der Waals surface area contributed by atoms with E-state index in [0.29, 0.717) is 56.2 Å². The van der Waals surface area contributed by atoms with Crippen LogP contribution in [0.1, 0.15) is 174 Å². The van der Waals surface area contributed by atoms with E-state index in [4.69, 9.17) is 18.5 Å². The van der Waals surface area contributed by atoms with Crippen molar-refractivity contribution in [2.45, 2.75) is 216 Å². The van der Waals surface area contributed by atoms with Crippen molar-refractivity contribution in [2.24, 2.45) is 0 Å². The van der Waals surface area contributed by atoms with Gasteiger partial charge in [0.15, 0.2) is 0 Å². The molecule has 64 heavy (non-hydrogen) atoms. The van der Waals surface area contributed by atoms with Gasteiger partial charge in [-0.05, 0) is 19.3 Å². The number of rotatable bonds is 43. The highest BCUT2D eigenvalue weighted by molar-refractivity contribution is 7.45. The predicted octanol–water partition coefficient (Wildman–Crippen LogP) is 14.5. The Labute approximate surface area is 373 Å². The van der Waals surface area contributed by atoms with Crippen LogP contribution < -0.4 is 4.89 Å². The molecule has 2 atom stereocenters. The molecule has 0 aliphatic heterocycles. The highest BCUT2D eigenvalue weighted by Gasteiger charge is 2.90. The molecule has 0 spiro atoms. The topological polar surface area (TPSA) is 77.1 Å². The Balaban J connectivity index is 4.46. The third-order valence-corrected chi connectivity index (χ3v) is 11.9. The van der Waals surface area contributed by atoms with Gasteiger partial charge in [0.1, 0.15) is 19.3 Å². The van der Waals surface area contributed by atoms with Gasteiger partial charge in [0.05, 0.1) is 34.4 Å². The van der Waals surface area contributed by atoms with Crippen LogP contribution in [0.3, 0.4) is 0 Å². The number of unbranched alkanes of at least 4 members (excludes halogenated alkanes) is 23. The average molecular weight is 982 g/mol. The number of phosphoric acid groups is 1. The minimum atomic E-state index is -7.88. The molecule has 0 rings (SSSR count). The van der Waals surface area contributed by atoms with E-state index in [1.54, 1.807) is 0 Å². The summed E-state index contributed by atoms with van der Waals surface area (Å²) in [6, 6.07) is 0. The maximum absolute atomic E-state index is 14.0. The number of hydrogen-bond donors (Lipinski definition) is 0. The molecule has 0 saturated carbocycles. The Bertz CT molecular complexity index is 1230. The van der Waals surface area contributed by atoms with Crippen molar-refractivity contribution in [1.82, 2.24) is 0 Å². The van der Waals surface area contributed by atoms with Crippen LogP contribution in [0.15, 0.2) is 0 Å². The molecule has 0 saturated heterocycles. The second-order valence-corrected chi connectivity index (χ2v) is 19.3. The van der Waals surface area contributed by atoms with Crippen molar-refractivity contribution in [3.8, 4) is 0 Å². The van der Waals surface area contributed by atoms with Crippen LogP contribution in [0.25, 0.3) is 0 Å². The molecule has 0 N–H and O–H groups in total. The molecule has 0 radical (unpaired) electrons. The normalized spacial score (nSPS) is 15.2. The monoisotopic (exact) mass is 982 g/mol. The number of nitrogens with zero attached hydrogens (tertiary/aromatic N) is 1. The second-order valence-electron chi connectivity index (χ2n) is 17.9. The molecular weight excluding hydrogens is 904 g/mol. The standard InChI is InChI=1S/C43H77F13NO6P/c1-5-6-7-8-9-10-11-12-13-14-15-16-19-22-25-28-32-60-35-37(63-64(58,59)62-34-31-57(2,3)4)36-61-33-29-26-23-20-17-18-21-24-27-30-38(44,45)39(46,47)40(48,49)41(50,51)42(52,53)43(54,55)56/h37H,5-36H2,1-4H3. The molecule has 0 fully saturated rings. The van der Waals surface area contributed by atoms with Crippen molar-refractivity contribution in [3.05, 3.63) is 0 Å². The van der Waals surface area contributed by atoms with E-state index in [2.05, 4.69) is 6.92 Å². The molecule has 0 aliphatic carbocycles. The average Bonchev–Trinajstić information content (AvgIpc) is 3.17. The van der Waals surface area contributed by atoms with Gasteiger partial charge >= 0.3 is 35.8 Å². The van der Waals surface area contributed by atoms with Crippen LogP contribution >= 0.6 is 7.82 Å². The lowest BCUT2D eigenvalue weighted by atomic mass is 9.91. The number of likely N-dealkylation sites (N-methyl/N-ethyl adjacent to an activating group) is 1. The molecule has 0 aromatic heterocycles. The van der Waals surface area contributed by atoms with E-state index in [1.807, 2.05) is 21.1 Å². The summed E-state index contributed by atoms with van der Waals surface area (Å²) in [5.74, 6) is -36.6. The van der Waals surface area contributed by atoms with Crippen LogP contribution in [0, 0.1) is 0 Å². The van der Waals surface area contributed by atoms with Gasteiger partial charge in [-0.15, -0.1) is 0 Å². The summed E-state index contributed by atoms with van der Waals surface area (Å²) in [6.45, 7) is 3.19. The first-order valence-electron chi connectivity index (χ1n) is 23.2. The van der Waals surface area contributed by atoms with E-state index in [9.17, 15) is 66.5 Å². The molecule has 2 unspecified atom stereocenters. The molecule has 7 nitrogen and oxygen atoms in total. The van der Waals surface area contributed by atoms with Gasteiger partial charge in [0.25, 0.3) is 7.82 Å². The molecule has 0 heterocycles. The molecule has 0 amide bonds. The van der Waals surface area contributed by atoms with Gasteiger partial charge in [-0.25, -0.2) is 0 Å². The zero-order chi connectivity index (χ0) is 49.0. The maximum Gasteiger partial charge on any atom is 0.460 e. The van der Waals surface area contributed by atoms with Crippen LogP contribution in [0.2, 0.25) is 0 Å². The van der Waals surface area contributed by atoms with E-state index in [0.717, 1.165) is 19.3 Å². The summed E-state index contributed by atoms with van der Waals surface area (Å²) < 4.78 is 207. The van der Waals surface area contributed by atoms with Gasteiger partial charge in [0, 0.05) is 19.6 Å². The first kappa shape index (κ1) is 63.1. The fourth-order valence-electron chi connectivity index (χ4n) is 6.68. The van der Waals surface area contributed by atoms with E-state index in [1.165, 1.54) is 83.5 Å². The molecule has 0 bridgehead atoms. The number of ether oxygens (including phenoxy) is 2. The van der Waals surface area contributed by atoms with Gasteiger partial charge in [-0.3, -0.25) is 4.57 Å². The fourth-order valence-corrected chi connectivity index (χ4v) is 7.53. The van der Waals surface area contributed by atoms with Crippen LogP contribution in [0.4, 0.5) is 57.1 Å². The lowest BCUT2D eigenvalue weighted by Gasteiger charge is -2.39. The zero-order valence-electron chi connectivity index (χ0n) is 38.5. The summed E-state index contributed by atoms with van der Waals surface area (Å²) in [7, 11) is 0.994. The van der Waals surface area contributed by atoms with E-state index in [-0.39, 0.29) is 39.3 Å². The number of hydrogen-bond acceptors (Lipinski definition) is 6. The SMILES string of the molecule is CCCCCCCCCCCCCCCCCCOCC(COCCCCCCCCCCCC(F)(F)C(F)(F)C(F)(F)C(F)(F)C(F)(F)C(F)(F)F)OP(=O)([O-])OCC[N+](C)(C)C. The summed E-state index contributed by atoms with van der Waals surface area (Å²) in [5.41, 5.74) is 0. The Morgan fingerprint density at radius 1 is 0.469 bits per heavy atom. The number of alkyl halides is 13. The first-order valence-corrected chi connectivity index (χ1v) is 24.6. The van der Waals surface area contributed by atoms with Crippen molar-refractivity contribution >= 4 is 7.82 Å². The van der Waals surface area contributed by atoms with Crippen LogP contribution in [-0.4, -0.2) is 107 Å². The van der Waals surface area contributed by atoms with E-state index < -0.39 is 62.6 Å². The lowest BCUT2D eigenvalue weighted by molar-refractivity contribution is -0.870. The molecule has 0 aromatic carbocycles. The van der Waals surface area contributed by atoms with Crippen molar-refractivity contribution in [2.75, 3.05) is 60.7 Å². The minimum absolute atomic E-state index is 0.0208. The maximum atomic E-state index is 14.0. The minimum Gasteiger partial charge on any atom is -0.756 e. The van der Waals surface area contributed by atoms with E-state index >= 15 is 0 Å². The zero-order valence-corrected chi connectivity index (χ0v) is 39.4. The molecule has 21 heteroatoms. The Kier molecular flexibility index (Phi) is 30.8. The summed E-state index contributed by atoms with van der Waals surface area (Å²) in [6.07, 6.45) is 11.8. The van der Waals surface area contributed by atoms with Crippen LogP contribution in [-0.2, 0) is 23.1 Å².